The van der Waals surface area contributed by atoms with Crippen LogP contribution in [0.1, 0.15) is 56.9 Å². The highest BCUT2D eigenvalue weighted by Gasteiger charge is 2.53. The van der Waals surface area contributed by atoms with Gasteiger partial charge in [-0.25, -0.2) is 4.79 Å². The Morgan fingerprint density at radius 1 is 1.06 bits per heavy atom. The summed E-state index contributed by atoms with van der Waals surface area (Å²) in [5.74, 6) is -2.14. The lowest BCUT2D eigenvalue weighted by Gasteiger charge is -2.32. The van der Waals surface area contributed by atoms with Gasteiger partial charge in [-0.15, -0.1) is 0 Å². The zero-order valence-corrected chi connectivity index (χ0v) is 19.1. The molecule has 1 aliphatic carbocycles. The lowest BCUT2D eigenvalue weighted by atomic mass is 9.82. The van der Waals surface area contributed by atoms with Crippen molar-refractivity contribution in [2.75, 3.05) is 7.11 Å². The highest BCUT2D eigenvalue weighted by molar-refractivity contribution is 6.05. The van der Waals surface area contributed by atoms with Gasteiger partial charge >= 0.3 is 11.9 Å². The molecule has 8 heteroatoms. The van der Waals surface area contributed by atoms with Crippen LogP contribution >= 0.6 is 0 Å². The van der Waals surface area contributed by atoms with Gasteiger partial charge in [0, 0.05) is 0 Å². The molecule has 0 spiro atoms. The highest BCUT2D eigenvalue weighted by Crippen LogP contribution is 2.41. The molecular formula is C23H33NO7. The summed E-state index contributed by atoms with van der Waals surface area (Å²) in [6, 6.07) is 2.50. The molecule has 0 unspecified atom stereocenters. The summed E-state index contributed by atoms with van der Waals surface area (Å²) in [6.45, 7) is 8.16. The molecule has 0 saturated heterocycles. The second-order valence-electron chi connectivity index (χ2n) is 9.36. The SMILES string of the molecule is COC(=O)[C@H](NC(=O)C1(C(=O)OC(C)(C)C)Cc2cc(CO)c(CO)cc2C1)C(C)C. The first-order chi connectivity index (χ1) is 14.4. The standard InChI is InChI=1S/C23H33NO7/c1-13(2)18(19(27)30-6)24-20(28)23(21(29)31-22(3,4)5)9-14-7-16(11-25)17(12-26)8-15(14)10-23/h7-8,13,18,25-26H,9-12H2,1-6H3,(H,24,28)/t18-/m1/s1. The van der Waals surface area contributed by atoms with Crippen molar-refractivity contribution in [3.05, 3.63) is 34.4 Å². The maximum Gasteiger partial charge on any atom is 0.328 e. The molecule has 0 heterocycles. The van der Waals surface area contributed by atoms with Gasteiger partial charge in [-0.2, -0.15) is 0 Å². The number of methoxy groups -OCH3 is 1. The van der Waals surface area contributed by atoms with Crippen LogP contribution in [-0.4, -0.2) is 46.8 Å². The Kier molecular flexibility index (Phi) is 7.49. The van der Waals surface area contributed by atoms with E-state index >= 15 is 0 Å². The number of nitrogens with one attached hydrogen (secondary N) is 1. The summed E-state index contributed by atoms with van der Waals surface area (Å²) in [5, 5.41) is 21.9. The van der Waals surface area contributed by atoms with Crippen LogP contribution in [0.25, 0.3) is 0 Å². The van der Waals surface area contributed by atoms with Crippen LogP contribution in [-0.2, 0) is 49.9 Å². The van der Waals surface area contributed by atoms with E-state index in [-0.39, 0.29) is 32.0 Å². The highest BCUT2D eigenvalue weighted by atomic mass is 16.6. The summed E-state index contributed by atoms with van der Waals surface area (Å²) in [6.07, 6.45) is 0.127. The normalized spacial score (nSPS) is 15.9. The van der Waals surface area contributed by atoms with E-state index in [1.807, 2.05) is 0 Å². The van der Waals surface area contributed by atoms with E-state index in [1.54, 1.807) is 46.8 Å². The minimum Gasteiger partial charge on any atom is -0.467 e. The predicted octanol–water partition coefficient (Wildman–Crippen LogP) is 1.41. The van der Waals surface area contributed by atoms with E-state index in [2.05, 4.69) is 5.32 Å². The summed E-state index contributed by atoms with van der Waals surface area (Å²) >= 11 is 0. The van der Waals surface area contributed by atoms with Crippen molar-refractivity contribution >= 4 is 17.8 Å². The number of fused-ring (bicyclic) bond motifs is 1. The molecule has 0 aromatic heterocycles. The van der Waals surface area contributed by atoms with Gasteiger partial charge in [-0.3, -0.25) is 9.59 Å². The van der Waals surface area contributed by atoms with Crippen LogP contribution in [0.4, 0.5) is 0 Å². The Balaban J connectivity index is 2.49. The van der Waals surface area contributed by atoms with Gasteiger partial charge in [-0.05, 0) is 61.8 Å². The fourth-order valence-corrected chi connectivity index (χ4v) is 3.81. The monoisotopic (exact) mass is 435 g/mol. The molecule has 0 radical (unpaired) electrons. The summed E-state index contributed by atoms with van der Waals surface area (Å²) in [4.78, 5) is 39.0. The molecule has 1 aromatic rings. The number of esters is 2. The second-order valence-corrected chi connectivity index (χ2v) is 9.36. The molecule has 31 heavy (non-hydrogen) atoms. The Morgan fingerprint density at radius 3 is 1.90 bits per heavy atom. The third-order valence-corrected chi connectivity index (χ3v) is 5.48. The van der Waals surface area contributed by atoms with E-state index in [4.69, 9.17) is 9.47 Å². The van der Waals surface area contributed by atoms with Crippen molar-refractivity contribution in [2.45, 2.75) is 72.3 Å². The largest absolute Gasteiger partial charge is 0.467 e. The van der Waals surface area contributed by atoms with E-state index in [9.17, 15) is 24.6 Å². The van der Waals surface area contributed by atoms with Gasteiger partial charge in [0.05, 0.1) is 20.3 Å². The number of hydrogen-bond acceptors (Lipinski definition) is 7. The first kappa shape index (κ1) is 24.8. The molecular weight excluding hydrogens is 402 g/mol. The number of carbonyl (C=O) groups excluding carboxylic acids is 3. The smallest absolute Gasteiger partial charge is 0.328 e. The van der Waals surface area contributed by atoms with Crippen LogP contribution in [0.15, 0.2) is 12.1 Å². The third kappa shape index (κ3) is 5.25. The molecule has 2 rings (SSSR count). The Labute approximate surface area is 182 Å². The van der Waals surface area contributed by atoms with Gasteiger partial charge in [-0.1, -0.05) is 26.0 Å². The maximum atomic E-state index is 13.5. The minimum absolute atomic E-state index is 0.0633. The molecule has 0 fully saturated rings. The van der Waals surface area contributed by atoms with Gasteiger partial charge < -0.3 is 25.0 Å². The number of benzene rings is 1. The van der Waals surface area contributed by atoms with Crippen molar-refractivity contribution in [3.63, 3.8) is 0 Å². The van der Waals surface area contributed by atoms with Crippen molar-refractivity contribution < 1.29 is 34.1 Å². The Bertz CT molecular complexity index is 821. The number of carbonyl (C=O) groups is 3. The molecule has 1 amide bonds. The van der Waals surface area contributed by atoms with Gasteiger partial charge in [0.15, 0.2) is 5.41 Å². The summed E-state index contributed by atoms with van der Waals surface area (Å²) in [7, 11) is 1.24. The van der Waals surface area contributed by atoms with E-state index in [1.165, 1.54) is 7.11 Å². The van der Waals surface area contributed by atoms with Crippen molar-refractivity contribution in [1.29, 1.82) is 0 Å². The number of amides is 1. The maximum absolute atomic E-state index is 13.5. The zero-order chi connectivity index (χ0) is 23.6. The average molecular weight is 436 g/mol. The fraction of sp³-hybridized carbons (Fsp3) is 0.609. The topological polar surface area (TPSA) is 122 Å². The lowest BCUT2D eigenvalue weighted by Crippen LogP contribution is -2.55. The van der Waals surface area contributed by atoms with Crippen LogP contribution in [0.5, 0.6) is 0 Å². The molecule has 8 nitrogen and oxygen atoms in total. The van der Waals surface area contributed by atoms with Crippen molar-refractivity contribution in [1.82, 2.24) is 5.32 Å². The van der Waals surface area contributed by atoms with Crippen LogP contribution in [0.2, 0.25) is 0 Å². The van der Waals surface area contributed by atoms with E-state index < -0.39 is 34.9 Å². The minimum atomic E-state index is -1.57. The molecule has 0 aliphatic heterocycles. The predicted molar refractivity (Wildman–Crippen MR) is 113 cm³/mol. The molecule has 3 N–H and O–H groups in total. The van der Waals surface area contributed by atoms with Crippen LogP contribution in [0, 0.1) is 11.3 Å². The van der Waals surface area contributed by atoms with E-state index in [0.29, 0.717) is 11.1 Å². The van der Waals surface area contributed by atoms with Gasteiger partial charge in [0.25, 0.3) is 0 Å². The van der Waals surface area contributed by atoms with Crippen LogP contribution < -0.4 is 5.32 Å². The van der Waals surface area contributed by atoms with Crippen molar-refractivity contribution in [2.24, 2.45) is 11.3 Å². The Morgan fingerprint density at radius 2 is 1.55 bits per heavy atom. The molecule has 0 bridgehead atoms. The van der Waals surface area contributed by atoms with Crippen molar-refractivity contribution in [3.8, 4) is 0 Å². The first-order valence-corrected chi connectivity index (χ1v) is 10.4. The van der Waals surface area contributed by atoms with E-state index in [0.717, 1.165) is 11.1 Å². The van der Waals surface area contributed by atoms with Crippen LogP contribution in [0.3, 0.4) is 0 Å². The first-order valence-electron chi connectivity index (χ1n) is 10.4. The summed E-state index contributed by atoms with van der Waals surface area (Å²) < 4.78 is 10.4. The molecule has 1 aliphatic rings. The molecule has 172 valence electrons. The number of rotatable bonds is 7. The number of aliphatic hydroxyl groups excluding tert-OH is 2. The molecule has 1 aromatic carbocycles. The quantitative estimate of drug-likeness (QED) is 0.437. The number of hydrogen-bond donors (Lipinski definition) is 3. The Hall–Kier alpha value is -2.45. The molecule has 0 saturated carbocycles. The zero-order valence-electron chi connectivity index (χ0n) is 19.1. The fourth-order valence-electron chi connectivity index (χ4n) is 3.81. The summed E-state index contributed by atoms with van der Waals surface area (Å²) in [5.41, 5.74) is 0.138. The lowest BCUT2D eigenvalue weighted by molar-refractivity contribution is -0.171. The molecule has 1 atom stereocenters. The number of ether oxygens (including phenoxy) is 2. The van der Waals surface area contributed by atoms with Gasteiger partial charge in [0.2, 0.25) is 5.91 Å². The van der Waals surface area contributed by atoms with Gasteiger partial charge in [0.1, 0.15) is 11.6 Å². The second kappa shape index (κ2) is 9.36. The third-order valence-electron chi connectivity index (χ3n) is 5.48. The number of aliphatic hydroxyl groups is 2. The average Bonchev–Trinajstić information content (AvgIpc) is 3.08.